The Bertz CT molecular complexity index is 567. The van der Waals surface area contributed by atoms with Crippen molar-refractivity contribution in [1.29, 1.82) is 0 Å². The van der Waals surface area contributed by atoms with Gasteiger partial charge in [0.2, 0.25) is 0 Å². The first-order valence-corrected chi connectivity index (χ1v) is 6.68. The Morgan fingerprint density at radius 2 is 2.06 bits per heavy atom. The first kappa shape index (κ1) is 12.9. The number of nitrogen functional groups attached to an aromatic ring is 1. The lowest BCUT2D eigenvalue weighted by molar-refractivity contribution is 1.13. The van der Waals surface area contributed by atoms with Crippen LogP contribution in [-0.4, -0.2) is 4.98 Å². The Morgan fingerprint density at radius 3 is 2.78 bits per heavy atom. The predicted octanol–water partition coefficient (Wildman–Crippen LogP) is 4.04. The zero-order chi connectivity index (χ0) is 13.1. The van der Waals surface area contributed by atoms with E-state index in [0.29, 0.717) is 11.5 Å². The number of nitrogens with one attached hydrogen (secondary N) is 1. The quantitative estimate of drug-likeness (QED) is 0.899. The largest absolute Gasteiger partial charge is 0.396 e. The molecule has 0 atom stereocenters. The minimum absolute atomic E-state index is 0.658. The number of benzene rings is 1. The molecule has 0 amide bonds. The third-order valence-electron chi connectivity index (χ3n) is 2.77. The molecule has 94 valence electrons. The lowest BCUT2D eigenvalue weighted by atomic mass is 10.1. The van der Waals surface area contributed by atoms with Crippen LogP contribution in [0, 0.1) is 6.92 Å². The molecular formula is C14H16BrN3. The Labute approximate surface area is 116 Å². The third kappa shape index (κ3) is 2.82. The highest BCUT2D eigenvalue weighted by Crippen LogP contribution is 2.26. The Hall–Kier alpha value is -1.55. The van der Waals surface area contributed by atoms with Crippen LogP contribution in [0.3, 0.4) is 0 Å². The maximum atomic E-state index is 5.92. The van der Waals surface area contributed by atoms with Crippen molar-refractivity contribution in [3.05, 3.63) is 46.1 Å². The highest BCUT2D eigenvalue weighted by Gasteiger charge is 2.06. The summed E-state index contributed by atoms with van der Waals surface area (Å²) in [5, 5.41) is 3.30. The lowest BCUT2D eigenvalue weighted by Gasteiger charge is -2.13. The summed E-state index contributed by atoms with van der Waals surface area (Å²) in [6.45, 7) is 4.08. The van der Waals surface area contributed by atoms with Gasteiger partial charge in [0.05, 0.1) is 5.69 Å². The molecular weight excluding hydrogens is 290 g/mol. The van der Waals surface area contributed by atoms with Crippen LogP contribution in [0.1, 0.15) is 18.2 Å². The molecule has 0 saturated heterocycles. The van der Waals surface area contributed by atoms with Gasteiger partial charge in [-0.2, -0.15) is 0 Å². The summed E-state index contributed by atoms with van der Waals surface area (Å²) >= 11 is 3.48. The number of rotatable bonds is 3. The van der Waals surface area contributed by atoms with Crippen molar-refractivity contribution in [1.82, 2.24) is 4.98 Å². The molecule has 1 aromatic heterocycles. The molecule has 4 heteroatoms. The molecule has 3 N–H and O–H groups in total. The van der Waals surface area contributed by atoms with Crippen LogP contribution >= 0.6 is 15.9 Å². The van der Waals surface area contributed by atoms with E-state index in [9.17, 15) is 0 Å². The first-order chi connectivity index (χ1) is 8.60. The van der Waals surface area contributed by atoms with Crippen molar-refractivity contribution in [2.45, 2.75) is 20.3 Å². The molecule has 0 bridgehead atoms. The molecule has 0 saturated carbocycles. The molecule has 18 heavy (non-hydrogen) atoms. The number of hydrogen-bond donors (Lipinski definition) is 2. The van der Waals surface area contributed by atoms with Crippen LogP contribution in [0.15, 0.2) is 34.8 Å². The van der Waals surface area contributed by atoms with E-state index in [4.69, 9.17) is 5.73 Å². The van der Waals surface area contributed by atoms with Crippen molar-refractivity contribution in [3.8, 4) is 0 Å². The maximum absolute atomic E-state index is 5.92. The fraction of sp³-hybridized carbons (Fsp3) is 0.214. The van der Waals surface area contributed by atoms with Gasteiger partial charge in [0.1, 0.15) is 0 Å². The normalized spacial score (nSPS) is 10.4. The molecule has 3 nitrogen and oxygen atoms in total. The molecule has 2 aromatic rings. The van der Waals surface area contributed by atoms with E-state index in [-0.39, 0.29) is 0 Å². The van der Waals surface area contributed by atoms with Crippen molar-refractivity contribution in [2.75, 3.05) is 11.1 Å². The second kappa shape index (κ2) is 5.40. The smallest absolute Gasteiger partial charge is 0.153 e. The number of anilines is 3. The topological polar surface area (TPSA) is 50.9 Å². The number of nitrogens with zero attached hydrogens (tertiary/aromatic N) is 1. The number of aryl methyl sites for hydroxylation is 2. The molecule has 0 unspecified atom stereocenters. The SMILES string of the molecule is CCc1cc(Br)ccc1Nc1nc(C)ccc1N. The monoisotopic (exact) mass is 305 g/mol. The van der Waals surface area contributed by atoms with Gasteiger partial charge >= 0.3 is 0 Å². The van der Waals surface area contributed by atoms with E-state index in [1.807, 2.05) is 31.2 Å². The summed E-state index contributed by atoms with van der Waals surface area (Å²) < 4.78 is 1.08. The van der Waals surface area contributed by atoms with Crippen LogP contribution in [-0.2, 0) is 6.42 Å². The van der Waals surface area contributed by atoms with Gasteiger partial charge in [-0.05, 0) is 49.2 Å². The number of aromatic nitrogens is 1. The maximum Gasteiger partial charge on any atom is 0.153 e. The van der Waals surface area contributed by atoms with E-state index in [2.05, 4.69) is 39.2 Å². The second-order valence-electron chi connectivity index (χ2n) is 4.17. The third-order valence-corrected chi connectivity index (χ3v) is 3.26. The van der Waals surface area contributed by atoms with Crippen molar-refractivity contribution >= 4 is 33.1 Å². The number of halogens is 1. The fourth-order valence-electron chi connectivity index (χ4n) is 1.77. The molecule has 0 fully saturated rings. The highest BCUT2D eigenvalue weighted by atomic mass is 79.9. The average Bonchev–Trinajstić information content (AvgIpc) is 2.36. The summed E-state index contributed by atoms with van der Waals surface area (Å²) in [5.74, 6) is 0.715. The zero-order valence-corrected chi connectivity index (χ0v) is 12.1. The minimum atomic E-state index is 0.658. The van der Waals surface area contributed by atoms with Gasteiger partial charge in [0.25, 0.3) is 0 Å². The fourth-order valence-corrected chi connectivity index (χ4v) is 2.18. The van der Waals surface area contributed by atoms with Crippen molar-refractivity contribution < 1.29 is 0 Å². The van der Waals surface area contributed by atoms with Crippen LogP contribution in [0.5, 0.6) is 0 Å². The Morgan fingerprint density at radius 1 is 1.28 bits per heavy atom. The summed E-state index contributed by atoms with van der Waals surface area (Å²) in [6.07, 6.45) is 0.952. The zero-order valence-electron chi connectivity index (χ0n) is 10.5. The highest BCUT2D eigenvalue weighted by molar-refractivity contribution is 9.10. The number of pyridine rings is 1. The van der Waals surface area contributed by atoms with Crippen LogP contribution in [0.2, 0.25) is 0 Å². The predicted molar refractivity (Wildman–Crippen MR) is 80.2 cm³/mol. The number of hydrogen-bond acceptors (Lipinski definition) is 3. The molecule has 1 aromatic carbocycles. The Kier molecular flexibility index (Phi) is 3.87. The Balaban J connectivity index is 2.36. The molecule has 0 aliphatic carbocycles. The van der Waals surface area contributed by atoms with Gasteiger partial charge < -0.3 is 11.1 Å². The van der Waals surface area contributed by atoms with Crippen LogP contribution in [0.25, 0.3) is 0 Å². The van der Waals surface area contributed by atoms with Crippen molar-refractivity contribution in [3.63, 3.8) is 0 Å². The van der Waals surface area contributed by atoms with Gasteiger partial charge in [0, 0.05) is 15.9 Å². The minimum Gasteiger partial charge on any atom is -0.396 e. The summed E-state index contributed by atoms with van der Waals surface area (Å²) in [5.41, 5.74) is 9.80. The van der Waals surface area contributed by atoms with Gasteiger partial charge in [-0.25, -0.2) is 4.98 Å². The van der Waals surface area contributed by atoms with Gasteiger partial charge in [-0.15, -0.1) is 0 Å². The summed E-state index contributed by atoms with van der Waals surface area (Å²) in [7, 11) is 0. The first-order valence-electron chi connectivity index (χ1n) is 5.88. The molecule has 0 radical (unpaired) electrons. The van der Waals surface area contributed by atoms with Crippen molar-refractivity contribution in [2.24, 2.45) is 0 Å². The molecule has 0 spiro atoms. The van der Waals surface area contributed by atoms with E-state index in [1.165, 1.54) is 5.56 Å². The molecule has 2 rings (SSSR count). The van der Waals surface area contributed by atoms with Crippen LogP contribution < -0.4 is 11.1 Å². The molecule has 0 aliphatic rings. The van der Waals surface area contributed by atoms with E-state index in [1.54, 1.807) is 0 Å². The molecule has 1 heterocycles. The van der Waals surface area contributed by atoms with Gasteiger partial charge in [-0.3, -0.25) is 0 Å². The summed E-state index contributed by atoms with van der Waals surface area (Å²) in [4.78, 5) is 4.42. The standard InChI is InChI=1S/C14H16BrN3/c1-3-10-8-11(15)5-7-13(10)18-14-12(16)6-4-9(2)17-14/h4-8H,3,16H2,1-2H3,(H,17,18). The van der Waals surface area contributed by atoms with E-state index >= 15 is 0 Å². The molecule has 0 aliphatic heterocycles. The van der Waals surface area contributed by atoms with Crippen LogP contribution in [0.4, 0.5) is 17.2 Å². The second-order valence-corrected chi connectivity index (χ2v) is 5.09. The average molecular weight is 306 g/mol. The van der Waals surface area contributed by atoms with Gasteiger partial charge in [-0.1, -0.05) is 22.9 Å². The van der Waals surface area contributed by atoms with E-state index in [0.717, 1.165) is 22.3 Å². The summed E-state index contributed by atoms with van der Waals surface area (Å²) in [6, 6.07) is 9.92. The van der Waals surface area contributed by atoms with Gasteiger partial charge in [0.15, 0.2) is 5.82 Å². The van der Waals surface area contributed by atoms with E-state index < -0.39 is 0 Å². The lowest BCUT2D eigenvalue weighted by Crippen LogP contribution is -2.02. The number of nitrogens with two attached hydrogens (primary N) is 1.